The molecule has 0 atom stereocenters. The van der Waals surface area contributed by atoms with Gasteiger partial charge in [-0.2, -0.15) is 11.3 Å². The van der Waals surface area contributed by atoms with Crippen LogP contribution in [0, 0.1) is 0 Å². The average Bonchev–Trinajstić information content (AvgIpc) is 2.90. The molecule has 1 aromatic carbocycles. The molecule has 0 amide bonds. The number of aromatic hydroxyl groups is 1. The van der Waals surface area contributed by atoms with Crippen LogP contribution in [0.3, 0.4) is 0 Å². The molecular weight excluding hydrogens is 268 g/mol. The van der Waals surface area contributed by atoms with Crippen LogP contribution in [-0.2, 0) is 11.3 Å². The number of carbonyl (C=O) groups is 1. The fourth-order valence-corrected chi connectivity index (χ4v) is 2.03. The van der Waals surface area contributed by atoms with Gasteiger partial charge in [-0.15, -0.1) is 0 Å². The molecule has 0 spiro atoms. The van der Waals surface area contributed by atoms with Gasteiger partial charge < -0.3 is 19.3 Å². The second kappa shape index (κ2) is 6.10. The van der Waals surface area contributed by atoms with Crippen LogP contribution in [0.1, 0.15) is 5.56 Å². The highest BCUT2D eigenvalue weighted by Gasteiger charge is 2.09. The molecule has 0 bridgehead atoms. The van der Waals surface area contributed by atoms with Crippen molar-refractivity contribution in [1.29, 1.82) is 0 Å². The van der Waals surface area contributed by atoms with Gasteiger partial charge in [-0.25, -0.2) is 4.79 Å². The third-order valence-electron chi connectivity index (χ3n) is 2.29. The first-order valence-electron chi connectivity index (χ1n) is 5.41. The van der Waals surface area contributed by atoms with E-state index in [1.807, 2.05) is 16.8 Å². The Balaban J connectivity index is 1.90. The number of methoxy groups -OCH3 is 1. The van der Waals surface area contributed by atoms with Gasteiger partial charge in [-0.05, 0) is 29.0 Å². The zero-order valence-corrected chi connectivity index (χ0v) is 11.0. The Hall–Kier alpha value is -2.21. The molecule has 6 heteroatoms. The number of ether oxygens (including phenoxy) is 3. The van der Waals surface area contributed by atoms with Crippen LogP contribution in [0.2, 0.25) is 0 Å². The summed E-state index contributed by atoms with van der Waals surface area (Å²) in [6.07, 6.45) is -0.823. The molecule has 1 N–H and O–H groups in total. The van der Waals surface area contributed by atoms with Crippen LogP contribution in [0.5, 0.6) is 17.2 Å². The molecule has 2 rings (SSSR count). The maximum absolute atomic E-state index is 11.4. The Kier molecular flexibility index (Phi) is 4.25. The summed E-state index contributed by atoms with van der Waals surface area (Å²) >= 11 is 1.52. The van der Waals surface area contributed by atoms with Crippen LogP contribution < -0.4 is 9.47 Å². The highest BCUT2D eigenvalue weighted by atomic mass is 32.1. The minimum absolute atomic E-state index is 0.106. The smallest absolute Gasteiger partial charge is 0.504 e. The second-order valence-electron chi connectivity index (χ2n) is 3.61. The van der Waals surface area contributed by atoms with Crippen molar-refractivity contribution in [3.8, 4) is 17.2 Å². The van der Waals surface area contributed by atoms with Crippen molar-refractivity contribution in [3.05, 3.63) is 40.6 Å². The molecule has 0 aliphatic carbocycles. The first-order chi connectivity index (χ1) is 9.19. The number of phenols is 1. The largest absolute Gasteiger partial charge is 0.514 e. The zero-order chi connectivity index (χ0) is 13.7. The van der Waals surface area contributed by atoms with Crippen molar-refractivity contribution >= 4 is 17.5 Å². The van der Waals surface area contributed by atoms with Crippen LogP contribution in [0.15, 0.2) is 35.0 Å². The summed E-state index contributed by atoms with van der Waals surface area (Å²) in [6.45, 7) is 0.157. The molecule has 0 saturated carbocycles. The molecule has 2 aromatic rings. The van der Waals surface area contributed by atoms with Crippen molar-refractivity contribution < 1.29 is 24.1 Å². The molecule has 1 heterocycles. The van der Waals surface area contributed by atoms with Crippen LogP contribution >= 0.6 is 11.3 Å². The van der Waals surface area contributed by atoms with Gasteiger partial charge in [0.25, 0.3) is 0 Å². The van der Waals surface area contributed by atoms with E-state index in [1.54, 1.807) is 0 Å². The number of thiophene rings is 1. The summed E-state index contributed by atoms with van der Waals surface area (Å²) in [5.74, 6) is 0.387. The van der Waals surface area contributed by atoms with E-state index in [0.717, 1.165) is 5.56 Å². The quantitative estimate of drug-likeness (QED) is 0.688. The van der Waals surface area contributed by atoms with E-state index in [2.05, 4.69) is 0 Å². The van der Waals surface area contributed by atoms with Gasteiger partial charge in [0.2, 0.25) is 0 Å². The molecule has 19 heavy (non-hydrogen) atoms. The van der Waals surface area contributed by atoms with Gasteiger partial charge in [0, 0.05) is 11.6 Å². The lowest BCUT2D eigenvalue weighted by Crippen LogP contribution is -2.10. The Labute approximate surface area is 114 Å². The van der Waals surface area contributed by atoms with Crippen LogP contribution in [0.4, 0.5) is 4.79 Å². The monoisotopic (exact) mass is 280 g/mol. The average molecular weight is 280 g/mol. The lowest BCUT2D eigenvalue weighted by molar-refractivity contribution is 0.0928. The van der Waals surface area contributed by atoms with E-state index < -0.39 is 6.16 Å². The van der Waals surface area contributed by atoms with Crippen LogP contribution in [-0.4, -0.2) is 18.4 Å². The van der Waals surface area contributed by atoms with Crippen LogP contribution in [0.25, 0.3) is 0 Å². The Morgan fingerprint density at radius 1 is 1.37 bits per heavy atom. The zero-order valence-electron chi connectivity index (χ0n) is 10.2. The molecule has 0 aliphatic heterocycles. The predicted molar refractivity (Wildman–Crippen MR) is 69.8 cm³/mol. The fraction of sp³-hybridized carbons (Fsp3) is 0.154. The standard InChI is InChI=1S/C13H12O5S/c1-16-12-3-2-10(6-11(12)14)18-13(15)17-7-9-4-5-19-8-9/h2-6,8,14H,7H2,1H3. The van der Waals surface area contributed by atoms with E-state index in [0.29, 0.717) is 5.75 Å². The summed E-state index contributed by atoms with van der Waals surface area (Å²) < 4.78 is 14.7. The first kappa shape index (κ1) is 13.2. The predicted octanol–water partition coefficient (Wildman–Crippen LogP) is 3.18. The summed E-state index contributed by atoms with van der Waals surface area (Å²) in [7, 11) is 1.44. The van der Waals surface area contributed by atoms with Gasteiger partial charge in [-0.3, -0.25) is 0 Å². The van der Waals surface area contributed by atoms with Gasteiger partial charge in [0.15, 0.2) is 11.5 Å². The second-order valence-corrected chi connectivity index (χ2v) is 4.39. The van der Waals surface area contributed by atoms with Gasteiger partial charge >= 0.3 is 6.16 Å². The maximum atomic E-state index is 11.4. The van der Waals surface area contributed by atoms with E-state index in [4.69, 9.17) is 14.2 Å². The van der Waals surface area contributed by atoms with E-state index >= 15 is 0 Å². The third kappa shape index (κ3) is 3.62. The van der Waals surface area contributed by atoms with E-state index in [1.165, 1.54) is 36.6 Å². The minimum Gasteiger partial charge on any atom is -0.504 e. The van der Waals surface area contributed by atoms with Gasteiger partial charge in [-0.1, -0.05) is 0 Å². The van der Waals surface area contributed by atoms with E-state index in [9.17, 15) is 9.90 Å². The number of benzene rings is 1. The summed E-state index contributed by atoms with van der Waals surface area (Å²) in [6, 6.07) is 6.14. The Bertz CT molecular complexity index is 550. The minimum atomic E-state index is -0.823. The maximum Gasteiger partial charge on any atom is 0.514 e. The lowest BCUT2D eigenvalue weighted by Gasteiger charge is -2.07. The summed E-state index contributed by atoms with van der Waals surface area (Å²) in [5.41, 5.74) is 0.902. The molecule has 0 radical (unpaired) electrons. The highest BCUT2D eigenvalue weighted by molar-refractivity contribution is 7.07. The molecule has 0 saturated heterocycles. The fourth-order valence-electron chi connectivity index (χ4n) is 1.38. The number of hydrogen-bond acceptors (Lipinski definition) is 6. The molecule has 5 nitrogen and oxygen atoms in total. The van der Waals surface area contributed by atoms with Gasteiger partial charge in [0.05, 0.1) is 7.11 Å². The third-order valence-corrected chi connectivity index (χ3v) is 3.02. The van der Waals surface area contributed by atoms with E-state index in [-0.39, 0.29) is 18.1 Å². The molecule has 0 fully saturated rings. The molecule has 0 aliphatic rings. The Morgan fingerprint density at radius 3 is 2.84 bits per heavy atom. The normalized spacial score (nSPS) is 9.95. The summed E-state index contributed by atoms with van der Waals surface area (Å²) in [5, 5.41) is 13.3. The SMILES string of the molecule is COc1ccc(OC(=O)OCc2ccsc2)cc1O. The highest BCUT2D eigenvalue weighted by Crippen LogP contribution is 2.29. The molecule has 100 valence electrons. The van der Waals surface area contributed by atoms with Crippen molar-refractivity contribution in [1.82, 2.24) is 0 Å². The Morgan fingerprint density at radius 2 is 2.21 bits per heavy atom. The van der Waals surface area contributed by atoms with Crippen molar-refractivity contribution in [2.24, 2.45) is 0 Å². The number of carbonyl (C=O) groups excluding carboxylic acids is 1. The number of phenolic OH excluding ortho intramolecular Hbond substituents is 1. The van der Waals surface area contributed by atoms with Crippen molar-refractivity contribution in [3.63, 3.8) is 0 Å². The van der Waals surface area contributed by atoms with Gasteiger partial charge in [0.1, 0.15) is 12.4 Å². The molecule has 0 unspecified atom stereocenters. The van der Waals surface area contributed by atoms with Crippen molar-refractivity contribution in [2.45, 2.75) is 6.61 Å². The first-order valence-corrected chi connectivity index (χ1v) is 6.36. The number of rotatable bonds is 4. The molecule has 1 aromatic heterocycles. The number of hydrogen-bond donors (Lipinski definition) is 1. The summed E-state index contributed by atoms with van der Waals surface area (Å²) in [4.78, 5) is 11.4. The van der Waals surface area contributed by atoms with Crippen molar-refractivity contribution in [2.75, 3.05) is 7.11 Å². The lowest BCUT2D eigenvalue weighted by atomic mass is 10.3. The molecular formula is C13H12O5S. The topological polar surface area (TPSA) is 65.0 Å².